The Morgan fingerprint density at radius 1 is 0.611 bits per heavy atom. The molecule has 0 aliphatic heterocycles. The van der Waals surface area contributed by atoms with Crippen LogP contribution in [0.1, 0.15) is 0 Å². The van der Waals surface area contributed by atoms with E-state index in [1.54, 1.807) is 0 Å². The number of aromatic nitrogens is 1. The highest BCUT2D eigenvalue weighted by atomic mass is 19.4. The van der Waals surface area contributed by atoms with Crippen molar-refractivity contribution >= 4 is 12.6 Å². The molecule has 2 N–H and O–H groups in total. The molecule has 0 saturated heterocycles. The molecule has 0 atom stereocenters. The summed E-state index contributed by atoms with van der Waals surface area (Å²) in [6, 6.07) is 0.971. The summed E-state index contributed by atoms with van der Waals surface area (Å²) < 4.78 is 227. The van der Waals surface area contributed by atoms with Crippen LogP contribution in [0, 0.1) is 0 Å². The highest BCUT2D eigenvalue weighted by Crippen LogP contribution is 2.63. The van der Waals surface area contributed by atoms with Gasteiger partial charge >= 0.3 is 54.8 Å². The maximum absolute atomic E-state index is 13.7. The summed E-state index contributed by atoms with van der Waals surface area (Å²) in [6.07, 6.45) is -7.41. The molecule has 0 bridgehead atoms. The molecule has 0 unspecified atom stereocenters. The summed E-state index contributed by atoms with van der Waals surface area (Å²) >= 11 is 0. The largest absolute Gasteiger partial charge is 0.490 e. The van der Waals surface area contributed by atoms with Crippen molar-refractivity contribution in [2.75, 3.05) is 6.61 Å². The maximum atomic E-state index is 13.7. The normalized spacial score (nSPS) is 15.2. The predicted octanol–water partition coefficient (Wildman–Crippen LogP) is 4.15. The Labute approximate surface area is 186 Å². The molecule has 1 aromatic rings. The molecule has 0 radical (unpaired) electrons. The van der Waals surface area contributed by atoms with E-state index in [0.29, 0.717) is 18.3 Å². The quantitative estimate of drug-likeness (QED) is 0.328. The van der Waals surface area contributed by atoms with Crippen LogP contribution in [0.2, 0.25) is 0 Å². The number of ether oxygens (including phenoxy) is 1. The fraction of sp³-hybridized carbons (Fsp3) is 0.643. The highest BCUT2D eigenvalue weighted by molar-refractivity contribution is 6.58. The predicted molar refractivity (Wildman–Crippen MR) is 80.2 cm³/mol. The van der Waals surface area contributed by atoms with Crippen molar-refractivity contribution in [3.63, 3.8) is 0 Å². The van der Waals surface area contributed by atoms with E-state index in [1.807, 2.05) is 0 Å². The summed E-state index contributed by atoms with van der Waals surface area (Å²) in [5, 5.41) is 17.5. The van der Waals surface area contributed by atoms with Crippen molar-refractivity contribution in [1.82, 2.24) is 4.98 Å². The second-order valence-electron chi connectivity index (χ2n) is 6.74. The standard InChI is InChI=1S/C14H7BF17NO3/c16-7(17,4-36-6-2-1-5(3-33-6)15(34)35)8(18,19)9(20,21)10(22,23)11(24,25)12(26,27)13(28,29)14(30,31)32/h1-3,34-35H,4H2. The van der Waals surface area contributed by atoms with E-state index in [4.69, 9.17) is 10.0 Å². The van der Waals surface area contributed by atoms with Crippen molar-refractivity contribution < 1.29 is 89.4 Å². The number of hydrogen-bond donors (Lipinski definition) is 2. The van der Waals surface area contributed by atoms with Crippen molar-refractivity contribution in [1.29, 1.82) is 0 Å². The lowest BCUT2D eigenvalue weighted by atomic mass is 9.82. The van der Waals surface area contributed by atoms with Crippen LogP contribution in [0.25, 0.3) is 0 Å². The van der Waals surface area contributed by atoms with E-state index in [-0.39, 0.29) is 0 Å². The van der Waals surface area contributed by atoms with Gasteiger partial charge in [0.1, 0.15) is 0 Å². The van der Waals surface area contributed by atoms with Crippen LogP contribution in [0.3, 0.4) is 0 Å². The van der Waals surface area contributed by atoms with Crippen LogP contribution in [0.5, 0.6) is 5.88 Å². The van der Waals surface area contributed by atoms with Gasteiger partial charge in [-0.25, -0.2) is 4.98 Å². The molecule has 0 aliphatic carbocycles. The van der Waals surface area contributed by atoms with Gasteiger partial charge in [-0.2, -0.15) is 74.6 Å². The zero-order chi connectivity index (χ0) is 29.0. The van der Waals surface area contributed by atoms with Gasteiger partial charge in [-0.1, -0.05) is 6.07 Å². The average Bonchev–Trinajstić information content (AvgIpc) is 2.70. The number of halogens is 17. The van der Waals surface area contributed by atoms with Crippen LogP contribution >= 0.6 is 0 Å². The van der Waals surface area contributed by atoms with Gasteiger partial charge < -0.3 is 14.8 Å². The van der Waals surface area contributed by atoms with Gasteiger partial charge in [0.2, 0.25) is 5.88 Å². The molecule has 0 fully saturated rings. The monoisotopic (exact) mass is 571 g/mol. The fourth-order valence-corrected chi connectivity index (χ4v) is 2.08. The third-order valence-electron chi connectivity index (χ3n) is 4.25. The summed E-state index contributed by atoms with van der Waals surface area (Å²) in [4.78, 5) is 2.95. The SMILES string of the molecule is OB(O)c1ccc(OCC(F)(F)C(F)(F)C(F)(F)C(F)(F)C(F)(F)C(F)(F)C(F)(F)C(F)(F)F)nc1. The Balaban J connectivity index is 3.40. The molecule has 0 spiro atoms. The van der Waals surface area contributed by atoms with E-state index < -0.39 is 72.7 Å². The first-order valence-corrected chi connectivity index (χ1v) is 8.30. The topological polar surface area (TPSA) is 62.6 Å². The smallest absolute Gasteiger partial charge is 0.471 e. The second kappa shape index (κ2) is 8.94. The summed E-state index contributed by atoms with van der Waals surface area (Å²) in [5.41, 5.74) is -0.496. The number of hydrogen-bond acceptors (Lipinski definition) is 4. The van der Waals surface area contributed by atoms with Gasteiger partial charge in [0.25, 0.3) is 0 Å². The van der Waals surface area contributed by atoms with Crippen LogP contribution in [-0.4, -0.2) is 76.4 Å². The van der Waals surface area contributed by atoms with Gasteiger partial charge in [0.05, 0.1) is 0 Å². The Kier molecular flexibility index (Phi) is 7.89. The van der Waals surface area contributed by atoms with Crippen molar-refractivity contribution in [3.8, 4) is 5.88 Å². The molecule has 208 valence electrons. The highest BCUT2D eigenvalue weighted by Gasteiger charge is 2.95. The lowest BCUT2D eigenvalue weighted by Crippen LogP contribution is -2.74. The molecule has 0 aromatic carbocycles. The van der Waals surface area contributed by atoms with Gasteiger partial charge in [-0.15, -0.1) is 0 Å². The van der Waals surface area contributed by atoms with E-state index in [0.717, 1.165) is 0 Å². The Hall–Kier alpha value is -2.26. The minimum absolute atomic E-state index is 0.379. The number of nitrogens with zero attached hydrogens (tertiary/aromatic N) is 1. The molecule has 1 rings (SSSR count). The van der Waals surface area contributed by atoms with Gasteiger partial charge in [0, 0.05) is 11.7 Å². The molecule has 0 aliphatic rings. The minimum atomic E-state index is -8.70. The summed E-state index contributed by atoms with van der Waals surface area (Å²) in [7, 11) is -2.23. The molecular formula is C14H7BF17NO3. The zero-order valence-corrected chi connectivity index (χ0v) is 16.2. The summed E-state index contributed by atoms with van der Waals surface area (Å²) in [5.74, 6) is -58.4. The Morgan fingerprint density at radius 3 is 1.33 bits per heavy atom. The molecule has 1 aromatic heterocycles. The first-order chi connectivity index (χ1) is 15.6. The van der Waals surface area contributed by atoms with E-state index in [9.17, 15) is 74.6 Å². The number of rotatable bonds is 10. The van der Waals surface area contributed by atoms with Gasteiger partial charge in [0.15, 0.2) is 6.61 Å². The van der Waals surface area contributed by atoms with Crippen LogP contribution < -0.4 is 10.2 Å². The first kappa shape index (κ1) is 31.8. The van der Waals surface area contributed by atoms with Crippen molar-refractivity contribution in [2.24, 2.45) is 0 Å². The second-order valence-corrected chi connectivity index (χ2v) is 6.74. The lowest BCUT2D eigenvalue weighted by Gasteiger charge is -2.42. The molecule has 0 amide bonds. The third kappa shape index (κ3) is 4.60. The molecular weight excluding hydrogens is 564 g/mol. The molecule has 4 nitrogen and oxygen atoms in total. The van der Waals surface area contributed by atoms with E-state index in [2.05, 4.69) is 9.72 Å². The lowest BCUT2D eigenvalue weighted by molar-refractivity contribution is -0.462. The van der Waals surface area contributed by atoms with Gasteiger partial charge in [-0.05, 0) is 6.07 Å². The van der Waals surface area contributed by atoms with E-state index in [1.165, 1.54) is 0 Å². The molecule has 0 saturated carbocycles. The summed E-state index contributed by atoms with van der Waals surface area (Å²) in [6.45, 7) is -3.15. The minimum Gasteiger partial charge on any atom is -0.471 e. The van der Waals surface area contributed by atoms with E-state index >= 15 is 0 Å². The van der Waals surface area contributed by atoms with Crippen molar-refractivity contribution in [3.05, 3.63) is 18.3 Å². The number of pyridine rings is 1. The molecule has 36 heavy (non-hydrogen) atoms. The Morgan fingerprint density at radius 2 is 1.00 bits per heavy atom. The van der Waals surface area contributed by atoms with Crippen LogP contribution in [0.15, 0.2) is 18.3 Å². The first-order valence-electron chi connectivity index (χ1n) is 8.30. The zero-order valence-electron chi connectivity index (χ0n) is 16.2. The molecule has 1 heterocycles. The fourth-order valence-electron chi connectivity index (χ4n) is 2.08. The van der Waals surface area contributed by atoms with Gasteiger partial charge in [-0.3, -0.25) is 0 Å². The maximum Gasteiger partial charge on any atom is 0.490 e. The van der Waals surface area contributed by atoms with Crippen LogP contribution in [-0.2, 0) is 0 Å². The number of alkyl halides is 17. The average molecular weight is 571 g/mol. The Bertz CT molecular complexity index is 916. The third-order valence-corrected chi connectivity index (χ3v) is 4.25. The van der Waals surface area contributed by atoms with Crippen molar-refractivity contribution in [2.45, 2.75) is 47.6 Å². The molecule has 22 heteroatoms. The van der Waals surface area contributed by atoms with Crippen LogP contribution in [0.4, 0.5) is 74.6 Å².